The molecule has 1 fully saturated rings. The lowest BCUT2D eigenvalue weighted by molar-refractivity contribution is -0.176. The number of ether oxygens (including phenoxy) is 4. The molecule has 1 heterocycles. The number of benzene rings is 3. The van der Waals surface area contributed by atoms with Crippen LogP contribution in [-0.4, -0.2) is 144 Å². The standard InChI is InChI=1S/C59H81FN4O12/c1-35(2)28-46-56(69)73-40(10)53(66)62(12)49(31-38(7)8)59(72)76-51(34-44-22-20-42(21-23-44)32-43-24-26-45(60)27-25-43)55(68)64(14)47(29-36(3)4)57(70)74-39(9)52(65)61(11)48(30-37(5)6)58(71)75-50(54(67)63(46)13)33-41-18-16-15-17-19-41/h15-27,35-40,46-51H,28-34H2,1-14H3/t39-,40-,46+,47+,48+,49+,50-,51-/m1/s1. The third-order valence-corrected chi connectivity index (χ3v) is 13.5. The Labute approximate surface area is 448 Å². The molecule has 416 valence electrons. The van der Waals surface area contributed by atoms with Gasteiger partial charge in [0.1, 0.15) is 30.0 Å². The van der Waals surface area contributed by atoms with Gasteiger partial charge in [-0.3, -0.25) is 19.2 Å². The number of carbonyl (C=O) groups is 8. The van der Waals surface area contributed by atoms with Gasteiger partial charge in [-0.15, -0.1) is 0 Å². The maximum Gasteiger partial charge on any atom is 0.329 e. The number of amides is 4. The van der Waals surface area contributed by atoms with Crippen molar-refractivity contribution in [1.29, 1.82) is 0 Å². The number of hydrogen-bond donors (Lipinski definition) is 0. The number of halogens is 1. The fraction of sp³-hybridized carbons (Fsp3) is 0.559. The molecule has 0 radical (unpaired) electrons. The second-order valence-corrected chi connectivity index (χ2v) is 21.9. The summed E-state index contributed by atoms with van der Waals surface area (Å²) in [5.74, 6) is -7.79. The number of likely N-dealkylation sites (N-methyl/N-ethyl adjacent to an activating group) is 4. The number of esters is 4. The Balaban J connectivity index is 1.85. The predicted octanol–water partition coefficient (Wildman–Crippen LogP) is 7.39. The van der Waals surface area contributed by atoms with Crippen molar-refractivity contribution in [1.82, 2.24) is 19.6 Å². The Morgan fingerprint density at radius 1 is 0.395 bits per heavy atom. The summed E-state index contributed by atoms with van der Waals surface area (Å²) >= 11 is 0. The van der Waals surface area contributed by atoms with Crippen molar-refractivity contribution in [3.8, 4) is 0 Å². The van der Waals surface area contributed by atoms with E-state index >= 15 is 0 Å². The number of nitrogens with zero attached hydrogens (tertiary/aromatic N) is 4. The van der Waals surface area contributed by atoms with Crippen molar-refractivity contribution >= 4 is 47.5 Å². The van der Waals surface area contributed by atoms with E-state index < -0.39 is 96.1 Å². The van der Waals surface area contributed by atoms with Crippen LogP contribution in [0.2, 0.25) is 0 Å². The van der Waals surface area contributed by atoms with Crippen molar-refractivity contribution in [3.63, 3.8) is 0 Å². The summed E-state index contributed by atoms with van der Waals surface area (Å²) < 4.78 is 37.6. The zero-order chi connectivity index (χ0) is 56.7. The first-order valence-corrected chi connectivity index (χ1v) is 26.4. The molecule has 4 amide bonds. The normalized spacial score (nSPS) is 23.8. The minimum atomic E-state index is -1.55. The van der Waals surface area contributed by atoms with Gasteiger partial charge >= 0.3 is 23.9 Å². The fourth-order valence-electron chi connectivity index (χ4n) is 9.15. The maximum absolute atomic E-state index is 14.9. The van der Waals surface area contributed by atoms with Crippen LogP contribution in [0.5, 0.6) is 0 Å². The molecule has 0 aromatic heterocycles. The highest BCUT2D eigenvalue weighted by molar-refractivity contribution is 5.94. The Morgan fingerprint density at radius 2 is 0.671 bits per heavy atom. The first kappa shape index (κ1) is 61.9. The largest absolute Gasteiger partial charge is 0.451 e. The van der Waals surface area contributed by atoms with E-state index in [1.165, 1.54) is 54.2 Å². The van der Waals surface area contributed by atoms with Gasteiger partial charge in [0.05, 0.1) is 0 Å². The van der Waals surface area contributed by atoms with Gasteiger partial charge in [0.15, 0.2) is 24.4 Å². The van der Waals surface area contributed by atoms with E-state index in [0.29, 0.717) is 17.5 Å². The van der Waals surface area contributed by atoms with Crippen molar-refractivity contribution in [3.05, 3.63) is 107 Å². The molecular formula is C59H81FN4O12. The number of rotatable bonds is 14. The second-order valence-electron chi connectivity index (χ2n) is 21.9. The minimum Gasteiger partial charge on any atom is -0.451 e. The highest BCUT2D eigenvalue weighted by Gasteiger charge is 2.43. The molecule has 0 N–H and O–H groups in total. The van der Waals surface area contributed by atoms with Crippen LogP contribution in [0, 0.1) is 29.5 Å². The molecule has 1 aliphatic heterocycles. The van der Waals surface area contributed by atoms with E-state index in [1.807, 2.05) is 67.5 Å². The highest BCUT2D eigenvalue weighted by atomic mass is 19.1. The summed E-state index contributed by atoms with van der Waals surface area (Å²) in [7, 11) is 5.52. The van der Waals surface area contributed by atoms with E-state index in [1.54, 1.807) is 54.6 Å². The van der Waals surface area contributed by atoms with E-state index in [9.17, 15) is 42.7 Å². The molecule has 3 aromatic carbocycles. The quantitative estimate of drug-likeness (QED) is 0.115. The van der Waals surface area contributed by atoms with E-state index in [2.05, 4.69) is 0 Å². The zero-order valence-corrected chi connectivity index (χ0v) is 46.9. The summed E-state index contributed by atoms with van der Waals surface area (Å²) in [6.45, 7) is 17.4. The van der Waals surface area contributed by atoms with Crippen molar-refractivity contribution in [2.24, 2.45) is 23.7 Å². The molecule has 0 aliphatic carbocycles. The summed E-state index contributed by atoms with van der Waals surface area (Å²) in [5, 5.41) is 0. The molecule has 0 bridgehead atoms. The lowest BCUT2D eigenvalue weighted by Crippen LogP contribution is -2.55. The van der Waals surface area contributed by atoms with Crippen LogP contribution in [0.3, 0.4) is 0 Å². The number of carbonyl (C=O) groups excluding carboxylic acids is 8. The molecule has 76 heavy (non-hydrogen) atoms. The molecule has 3 aromatic rings. The van der Waals surface area contributed by atoms with Crippen LogP contribution in [-0.2, 0) is 76.6 Å². The second kappa shape index (κ2) is 28.5. The average Bonchev–Trinajstić information content (AvgIpc) is 3.36. The molecule has 8 atom stereocenters. The van der Waals surface area contributed by atoms with Crippen LogP contribution >= 0.6 is 0 Å². The van der Waals surface area contributed by atoms with Gasteiger partial charge < -0.3 is 38.5 Å². The predicted molar refractivity (Wildman–Crippen MR) is 284 cm³/mol. The van der Waals surface area contributed by atoms with Gasteiger partial charge in [-0.2, -0.15) is 0 Å². The van der Waals surface area contributed by atoms with Gasteiger partial charge in [-0.1, -0.05) is 122 Å². The maximum atomic E-state index is 14.9. The van der Waals surface area contributed by atoms with Crippen LogP contribution in [0.25, 0.3) is 0 Å². The fourth-order valence-corrected chi connectivity index (χ4v) is 9.15. The zero-order valence-electron chi connectivity index (χ0n) is 46.9. The molecule has 17 heteroatoms. The van der Waals surface area contributed by atoms with Gasteiger partial charge in [0, 0.05) is 41.0 Å². The summed E-state index contributed by atoms with van der Waals surface area (Å²) in [6, 6.07) is 17.1. The van der Waals surface area contributed by atoms with Crippen molar-refractivity contribution in [2.45, 2.75) is 163 Å². The molecule has 4 rings (SSSR count). The Morgan fingerprint density at radius 3 is 1.00 bits per heavy atom. The van der Waals surface area contributed by atoms with Gasteiger partial charge in [0.25, 0.3) is 23.6 Å². The average molecular weight is 1060 g/mol. The van der Waals surface area contributed by atoms with E-state index in [0.717, 1.165) is 30.7 Å². The molecule has 0 spiro atoms. The van der Waals surface area contributed by atoms with Gasteiger partial charge in [-0.05, 0) is 104 Å². The molecule has 16 nitrogen and oxygen atoms in total. The first-order valence-electron chi connectivity index (χ1n) is 26.4. The molecule has 0 unspecified atom stereocenters. The topological polar surface area (TPSA) is 186 Å². The lowest BCUT2D eigenvalue weighted by atomic mass is 9.99. The molecular weight excluding hydrogens is 976 g/mol. The van der Waals surface area contributed by atoms with Gasteiger partial charge in [-0.25, -0.2) is 23.6 Å². The SMILES string of the molecule is CC(C)C[C@H]1C(=O)O[C@H](Cc2ccc(Cc3ccc(F)cc3)cc2)C(=O)N(C)[C@@H](CC(C)C)C(=O)O[C@H](C)C(=O)N(C)[C@@H](CC(C)C)C(=O)O[C@H](Cc2ccccc2)C(=O)N(C)[C@@H](CC(C)C)C(=O)O[C@H](C)C(=O)N1C. The monoisotopic (exact) mass is 1060 g/mol. The summed E-state index contributed by atoms with van der Waals surface area (Å²) in [5.41, 5.74) is 2.99. The third-order valence-electron chi connectivity index (χ3n) is 13.5. The smallest absolute Gasteiger partial charge is 0.329 e. The first-order chi connectivity index (χ1) is 35.7. The van der Waals surface area contributed by atoms with Gasteiger partial charge in [0.2, 0.25) is 0 Å². The highest BCUT2D eigenvalue weighted by Crippen LogP contribution is 2.25. The Bertz CT molecular complexity index is 2430. The molecule has 1 aliphatic rings. The van der Waals surface area contributed by atoms with Crippen LogP contribution < -0.4 is 0 Å². The van der Waals surface area contributed by atoms with Crippen LogP contribution in [0.4, 0.5) is 4.39 Å². The summed E-state index contributed by atoms with van der Waals surface area (Å²) in [4.78, 5) is 121. The minimum absolute atomic E-state index is 0.0754. The van der Waals surface area contributed by atoms with Crippen LogP contribution in [0.1, 0.15) is 117 Å². The van der Waals surface area contributed by atoms with Crippen molar-refractivity contribution in [2.75, 3.05) is 28.2 Å². The lowest BCUT2D eigenvalue weighted by Gasteiger charge is -2.35. The van der Waals surface area contributed by atoms with E-state index in [4.69, 9.17) is 18.9 Å². The number of cyclic esters (lactones) is 4. The summed E-state index contributed by atoms with van der Waals surface area (Å²) in [6.07, 6.45) is -5.42. The number of hydrogen-bond acceptors (Lipinski definition) is 12. The Kier molecular flexibility index (Phi) is 23.2. The Hall–Kier alpha value is -6.65. The third kappa shape index (κ3) is 17.7. The van der Waals surface area contributed by atoms with Crippen molar-refractivity contribution < 1.29 is 61.7 Å². The molecule has 1 saturated heterocycles. The molecule has 0 saturated carbocycles. The van der Waals surface area contributed by atoms with Crippen LogP contribution in [0.15, 0.2) is 78.9 Å². The van der Waals surface area contributed by atoms with E-state index in [-0.39, 0.29) is 68.0 Å².